The van der Waals surface area contributed by atoms with E-state index in [1.165, 1.54) is 74.4 Å². The van der Waals surface area contributed by atoms with E-state index in [1.54, 1.807) is 0 Å². The van der Waals surface area contributed by atoms with Gasteiger partial charge in [-0.25, -0.2) is 9.97 Å². The molecular weight excluding hydrogens is 723 g/mol. The van der Waals surface area contributed by atoms with Gasteiger partial charge >= 0.3 is 0 Å². The molecule has 0 aliphatic heterocycles. The van der Waals surface area contributed by atoms with E-state index < -0.39 is 0 Å². The monoisotopic (exact) mass is 753 g/mol. The first-order chi connectivity index (χ1) is 28.7. The molecule has 0 unspecified atom stereocenters. The molecule has 0 fully saturated rings. The van der Waals surface area contributed by atoms with Crippen molar-refractivity contribution in [2.24, 2.45) is 0 Å². The highest BCUT2D eigenvalue weighted by molar-refractivity contribution is 7.26. The summed E-state index contributed by atoms with van der Waals surface area (Å²) >= 11 is 1.87. The van der Waals surface area contributed by atoms with E-state index in [4.69, 9.17) is 9.97 Å². The summed E-state index contributed by atoms with van der Waals surface area (Å²) in [5.74, 6) is 0.663. The molecule has 0 saturated heterocycles. The molecule has 13 aromatic rings. The van der Waals surface area contributed by atoms with Gasteiger partial charge < -0.3 is 0 Å². The smallest absolute Gasteiger partial charge is 0.235 e. The highest BCUT2D eigenvalue weighted by atomic mass is 32.1. The minimum absolute atomic E-state index is 0.663. The predicted molar refractivity (Wildman–Crippen MR) is 248 cm³/mol. The van der Waals surface area contributed by atoms with E-state index in [1.807, 2.05) is 11.3 Å². The summed E-state index contributed by atoms with van der Waals surface area (Å²) in [4.78, 5) is 11.3. The van der Waals surface area contributed by atoms with Gasteiger partial charge in [-0.05, 0) is 73.8 Å². The zero-order valence-electron chi connectivity index (χ0n) is 31.1. The molecule has 3 heterocycles. The van der Waals surface area contributed by atoms with E-state index in [2.05, 4.69) is 193 Å². The Bertz CT molecular complexity index is 3850. The standard InChI is InChI=1S/C54H31N3S/c1-2-12-35-29-36(26-23-32(35)11-1)33-21-24-34(25-22-33)51-50-42-17-5-3-13-38(42)39-14-4-6-18-43(39)52(50)56-54(55-51)57-47-19-9-7-15-40(47)46-30-37-27-28-44-41-16-8-10-20-49(41)58-53(44)45(37)31-48(46)57/h1-31H. The normalized spacial score (nSPS) is 12.1. The van der Waals surface area contributed by atoms with Crippen molar-refractivity contribution < 1.29 is 0 Å². The molecule has 4 heteroatoms. The number of fused-ring (bicyclic) bond motifs is 15. The van der Waals surface area contributed by atoms with Crippen molar-refractivity contribution in [1.82, 2.24) is 14.5 Å². The summed E-state index contributed by atoms with van der Waals surface area (Å²) in [7, 11) is 0. The van der Waals surface area contributed by atoms with Crippen LogP contribution in [0.4, 0.5) is 0 Å². The maximum absolute atomic E-state index is 5.65. The highest BCUT2D eigenvalue weighted by Crippen LogP contribution is 2.44. The molecule has 0 amide bonds. The fourth-order valence-electron chi connectivity index (χ4n) is 9.44. The van der Waals surface area contributed by atoms with Crippen LogP contribution in [0.5, 0.6) is 0 Å². The van der Waals surface area contributed by atoms with Gasteiger partial charge in [0.15, 0.2) is 0 Å². The Hall–Kier alpha value is -7.40. The lowest BCUT2D eigenvalue weighted by Gasteiger charge is -2.16. The predicted octanol–water partition coefficient (Wildman–Crippen LogP) is 15.0. The van der Waals surface area contributed by atoms with Gasteiger partial charge in [0.05, 0.1) is 22.2 Å². The van der Waals surface area contributed by atoms with Crippen molar-refractivity contribution in [2.75, 3.05) is 0 Å². The molecule has 0 aliphatic rings. The SMILES string of the molecule is c1ccc2cc(-c3ccc(-c4nc(-n5c6ccccc6c6cc7ccc8c9ccccc9sc8c7cc65)nc5c6ccccc6c6ccccc6c45)cc3)ccc2c1. The van der Waals surface area contributed by atoms with Crippen LogP contribution in [0.1, 0.15) is 0 Å². The van der Waals surface area contributed by atoms with Crippen LogP contribution in [-0.2, 0) is 0 Å². The van der Waals surface area contributed by atoms with Crippen LogP contribution in [-0.4, -0.2) is 14.5 Å². The van der Waals surface area contributed by atoms with Crippen LogP contribution in [0.25, 0.3) is 124 Å². The molecule has 0 N–H and O–H groups in total. The first-order valence-electron chi connectivity index (χ1n) is 19.7. The van der Waals surface area contributed by atoms with E-state index in [9.17, 15) is 0 Å². The minimum atomic E-state index is 0.663. The van der Waals surface area contributed by atoms with Crippen molar-refractivity contribution in [3.63, 3.8) is 0 Å². The molecule has 0 aliphatic carbocycles. The first-order valence-corrected chi connectivity index (χ1v) is 20.6. The van der Waals surface area contributed by atoms with Gasteiger partial charge in [0.1, 0.15) is 0 Å². The number of nitrogens with zero attached hydrogens (tertiary/aromatic N) is 3. The van der Waals surface area contributed by atoms with Crippen molar-refractivity contribution >= 4 is 107 Å². The van der Waals surface area contributed by atoms with Gasteiger partial charge in [0.2, 0.25) is 5.95 Å². The Balaban J connectivity index is 1.12. The third-order valence-corrected chi connectivity index (χ3v) is 13.4. The van der Waals surface area contributed by atoms with Crippen LogP contribution in [0.2, 0.25) is 0 Å². The summed E-state index contributed by atoms with van der Waals surface area (Å²) in [6, 6.07) is 68.3. The summed E-state index contributed by atoms with van der Waals surface area (Å²) in [6.45, 7) is 0. The second kappa shape index (κ2) is 12.1. The molecular formula is C54H31N3S. The molecule has 58 heavy (non-hydrogen) atoms. The van der Waals surface area contributed by atoms with Gasteiger partial charge in [0.25, 0.3) is 0 Å². The molecule has 268 valence electrons. The summed E-state index contributed by atoms with van der Waals surface area (Å²) in [5, 5.41) is 15.7. The maximum atomic E-state index is 5.65. The number of rotatable bonds is 3. The van der Waals surface area contributed by atoms with E-state index in [0.717, 1.165) is 44.0 Å². The number of thiophene rings is 1. The van der Waals surface area contributed by atoms with Crippen LogP contribution < -0.4 is 0 Å². The minimum Gasteiger partial charge on any atom is -0.278 e. The molecule has 0 spiro atoms. The third-order valence-electron chi connectivity index (χ3n) is 12.2. The Morgan fingerprint density at radius 3 is 1.84 bits per heavy atom. The van der Waals surface area contributed by atoms with Gasteiger partial charge in [0, 0.05) is 52.7 Å². The second-order valence-electron chi connectivity index (χ2n) is 15.3. The Morgan fingerprint density at radius 2 is 1.00 bits per heavy atom. The molecule has 0 saturated carbocycles. The fraction of sp³-hybridized carbons (Fsp3) is 0. The lowest BCUT2D eigenvalue weighted by atomic mass is 9.94. The molecule has 0 atom stereocenters. The van der Waals surface area contributed by atoms with Crippen LogP contribution >= 0.6 is 11.3 Å². The number of benzene rings is 10. The molecule has 0 bridgehead atoms. The highest BCUT2D eigenvalue weighted by Gasteiger charge is 2.22. The Labute approximate surface area is 336 Å². The van der Waals surface area contributed by atoms with E-state index in [0.29, 0.717) is 5.95 Å². The average Bonchev–Trinajstić information content (AvgIpc) is 3.84. The topological polar surface area (TPSA) is 30.7 Å². The van der Waals surface area contributed by atoms with Gasteiger partial charge in [-0.3, -0.25) is 4.57 Å². The van der Waals surface area contributed by atoms with Gasteiger partial charge in [-0.2, -0.15) is 0 Å². The first kappa shape index (κ1) is 31.8. The Morgan fingerprint density at radius 1 is 0.362 bits per heavy atom. The van der Waals surface area contributed by atoms with Crippen molar-refractivity contribution in [3.05, 3.63) is 188 Å². The largest absolute Gasteiger partial charge is 0.278 e. The molecule has 3 nitrogen and oxygen atoms in total. The number of hydrogen-bond acceptors (Lipinski definition) is 3. The zero-order valence-corrected chi connectivity index (χ0v) is 32.0. The summed E-state index contributed by atoms with van der Waals surface area (Å²) in [5.41, 5.74) is 7.47. The molecule has 10 aromatic carbocycles. The van der Waals surface area contributed by atoms with Crippen LogP contribution in [0, 0.1) is 0 Å². The van der Waals surface area contributed by atoms with Crippen LogP contribution in [0.3, 0.4) is 0 Å². The maximum Gasteiger partial charge on any atom is 0.235 e. The molecule has 13 rings (SSSR count). The number of para-hydroxylation sites is 1. The second-order valence-corrected chi connectivity index (χ2v) is 16.4. The summed E-state index contributed by atoms with van der Waals surface area (Å²) < 4.78 is 4.91. The zero-order chi connectivity index (χ0) is 37.9. The average molecular weight is 754 g/mol. The van der Waals surface area contributed by atoms with Crippen molar-refractivity contribution in [1.29, 1.82) is 0 Å². The van der Waals surface area contributed by atoms with Crippen molar-refractivity contribution in [3.8, 4) is 28.3 Å². The quantitative estimate of drug-likeness (QED) is 0.168. The summed E-state index contributed by atoms with van der Waals surface area (Å²) in [6.07, 6.45) is 0. The van der Waals surface area contributed by atoms with Gasteiger partial charge in [-0.15, -0.1) is 11.3 Å². The van der Waals surface area contributed by atoms with Gasteiger partial charge in [-0.1, -0.05) is 158 Å². The number of aromatic nitrogens is 3. The lowest BCUT2D eigenvalue weighted by molar-refractivity contribution is 1.02. The molecule has 0 radical (unpaired) electrons. The van der Waals surface area contributed by atoms with Crippen LogP contribution in [0.15, 0.2) is 188 Å². The molecule has 3 aromatic heterocycles. The Kier molecular flexibility index (Phi) is 6.60. The van der Waals surface area contributed by atoms with Crippen molar-refractivity contribution in [2.45, 2.75) is 0 Å². The van der Waals surface area contributed by atoms with E-state index in [-0.39, 0.29) is 0 Å². The lowest BCUT2D eigenvalue weighted by Crippen LogP contribution is -2.04. The fourth-order valence-corrected chi connectivity index (χ4v) is 10.7. The number of hydrogen-bond donors (Lipinski definition) is 0. The van der Waals surface area contributed by atoms with E-state index >= 15 is 0 Å². The third kappa shape index (κ3) is 4.55.